The minimum absolute atomic E-state index is 0.138. The maximum Gasteiger partial charge on any atom is 0.261 e. The van der Waals surface area contributed by atoms with E-state index in [2.05, 4.69) is 4.90 Å². The fourth-order valence-corrected chi connectivity index (χ4v) is 4.49. The zero-order chi connectivity index (χ0) is 22.0. The quantitative estimate of drug-likeness (QED) is 0.644. The molecule has 0 unspecified atom stereocenters. The van der Waals surface area contributed by atoms with Gasteiger partial charge in [0.25, 0.3) is 17.7 Å². The van der Waals surface area contributed by atoms with E-state index in [0.717, 1.165) is 38.8 Å². The van der Waals surface area contributed by atoms with Crippen molar-refractivity contribution >= 4 is 23.6 Å². The van der Waals surface area contributed by atoms with Crippen LogP contribution in [0.2, 0.25) is 0 Å². The number of nitrogens with zero attached hydrogens (tertiary/aromatic N) is 4. The molecular formula is C23H30N4O4. The van der Waals surface area contributed by atoms with Crippen LogP contribution in [-0.2, 0) is 4.79 Å². The number of imide groups is 1. The molecule has 3 aliphatic heterocycles. The normalized spacial score (nSPS) is 19.3. The third-order valence-electron chi connectivity index (χ3n) is 6.43. The Labute approximate surface area is 182 Å². The molecule has 0 atom stereocenters. The summed E-state index contributed by atoms with van der Waals surface area (Å²) in [6.45, 7) is 6.92. The van der Waals surface area contributed by atoms with Crippen LogP contribution in [-0.4, -0.2) is 95.6 Å². The minimum atomic E-state index is -0.312. The van der Waals surface area contributed by atoms with Crippen molar-refractivity contribution in [1.29, 1.82) is 0 Å². The number of rotatable bonds is 6. The predicted molar refractivity (Wildman–Crippen MR) is 115 cm³/mol. The van der Waals surface area contributed by atoms with Crippen LogP contribution in [0, 0.1) is 0 Å². The topological polar surface area (TPSA) is 81.2 Å². The van der Waals surface area contributed by atoms with Crippen LogP contribution in [0.1, 0.15) is 63.7 Å². The van der Waals surface area contributed by atoms with Crippen molar-refractivity contribution in [3.8, 4) is 0 Å². The van der Waals surface area contributed by atoms with E-state index in [1.807, 2.05) is 11.8 Å². The molecule has 0 saturated carbocycles. The van der Waals surface area contributed by atoms with E-state index in [1.54, 1.807) is 23.1 Å². The van der Waals surface area contributed by atoms with Crippen LogP contribution in [0.5, 0.6) is 0 Å². The zero-order valence-corrected chi connectivity index (χ0v) is 18.1. The number of benzene rings is 1. The van der Waals surface area contributed by atoms with Crippen LogP contribution in [0.3, 0.4) is 0 Å². The summed E-state index contributed by atoms with van der Waals surface area (Å²) in [5.41, 5.74) is 1.13. The van der Waals surface area contributed by atoms with Gasteiger partial charge in [-0.05, 0) is 37.5 Å². The molecule has 0 spiro atoms. The molecule has 2 fully saturated rings. The predicted octanol–water partition coefficient (Wildman–Crippen LogP) is 1.46. The second-order valence-electron chi connectivity index (χ2n) is 8.53. The van der Waals surface area contributed by atoms with Crippen molar-refractivity contribution in [2.24, 2.45) is 0 Å². The average molecular weight is 427 g/mol. The smallest absolute Gasteiger partial charge is 0.261 e. The van der Waals surface area contributed by atoms with E-state index in [0.29, 0.717) is 56.0 Å². The molecule has 0 bridgehead atoms. The zero-order valence-electron chi connectivity index (χ0n) is 18.1. The number of likely N-dealkylation sites (tertiary alicyclic amines) is 1. The second kappa shape index (κ2) is 9.18. The highest BCUT2D eigenvalue weighted by atomic mass is 16.2. The highest BCUT2D eigenvalue weighted by molar-refractivity contribution is 6.22. The van der Waals surface area contributed by atoms with Crippen molar-refractivity contribution < 1.29 is 19.2 Å². The molecule has 2 saturated heterocycles. The molecule has 3 aliphatic rings. The molecule has 0 N–H and O–H groups in total. The summed E-state index contributed by atoms with van der Waals surface area (Å²) in [5.74, 6) is -0.552. The van der Waals surface area contributed by atoms with Crippen molar-refractivity contribution in [2.75, 3.05) is 52.4 Å². The van der Waals surface area contributed by atoms with Gasteiger partial charge in [-0.1, -0.05) is 13.3 Å². The summed E-state index contributed by atoms with van der Waals surface area (Å²) < 4.78 is 0. The molecule has 8 heteroatoms. The minimum Gasteiger partial charge on any atom is -0.342 e. The SMILES string of the molecule is CCCCN1C(=O)c2ccc(C(=O)N3CCN(CC(=O)N4CCCC4)CC3)cc2C1=O. The van der Waals surface area contributed by atoms with Gasteiger partial charge in [0.15, 0.2) is 0 Å². The Morgan fingerprint density at radius 1 is 0.871 bits per heavy atom. The Balaban J connectivity index is 1.36. The Kier molecular flexibility index (Phi) is 6.36. The molecule has 1 aromatic rings. The van der Waals surface area contributed by atoms with Gasteiger partial charge in [0.1, 0.15) is 0 Å². The van der Waals surface area contributed by atoms with Gasteiger partial charge < -0.3 is 9.80 Å². The molecular weight excluding hydrogens is 396 g/mol. The number of unbranched alkanes of at least 4 members (excludes halogenated alkanes) is 1. The van der Waals surface area contributed by atoms with Crippen LogP contribution < -0.4 is 0 Å². The lowest BCUT2D eigenvalue weighted by Crippen LogP contribution is -2.51. The number of hydrogen-bond acceptors (Lipinski definition) is 5. The largest absolute Gasteiger partial charge is 0.342 e. The van der Waals surface area contributed by atoms with Gasteiger partial charge in [-0.2, -0.15) is 0 Å². The van der Waals surface area contributed by atoms with Crippen molar-refractivity contribution in [3.05, 3.63) is 34.9 Å². The van der Waals surface area contributed by atoms with Crippen LogP contribution in [0.25, 0.3) is 0 Å². The second-order valence-corrected chi connectivity index (χ2v) is 8.53. The summed E-state index contributed by atoms with van der Waals surface area (Å²) in [5, 5.41) is 0. The highest BCUT2D eigenvalue weighted by Crippen LogP contribution is 2.25. The Bertz CT molecular complexity index is 886. The van der Waals surface area contributed by atoms with E-state index >= 15 is 0 Å². The van der Waals surface area contributed by atoms with E-state index in [9.17, 15) is 19.2 Å². The molecule has 0 aromatic heterocycles. The van der Waals surface area contributed by atoms with Gasteiger partial charge in [0.05, 0.1) is 17.7 Å². The van der Waals surface area contributed by atoms with Crippen molar-refractivity contribution in [2.45, 2.75) is 32.6 Å². The fraction of sp³-hybridized carbons (Fsp3) is 0.565. The van der Waals surface area contributed by atoms with Crippen molar-refractivity contribution in [1.82, 2.24) is 19.6 Å². The third kappa shape index (κ3) is 4.35. The fourth-order valence-electron chi connectivity index (χ4n) is 4.49. The number of piperazine rings is 1. The van der Waals surface area contributed by atoms with Gasteiger partial charge in [0.2, 0.25) is 5.91 Å². The first kappa shape index (κ1) is 21.5. The van der Waals surface area contributed by atoms with Crippen LogP contribution in [0.15, 0.2) is 18.2 Å². The summed E-state index contributed by atoms with van der Waals surface area (Å²) in [4.78, 5) is 57.5. The van der Waals surface area contributed by atoms with Gasteiger partial charge in [-0.25, -0.2) is 0 Å². The molecule has 8 nitrogen and oxygen atoms in total. The first-order chi connectivity index (χ1) is 15.0. The van der Waals surface area contributed by atoms with E-state index in [-0.39, 0.29) is 23.6 Å². The highest BCUT2D eigenvalue weighted by Gasteiger charge is 2.36. The molecule has 1 aromatic carbocycles. The molecule has 0 aliphatic carbocycles. The number of carbonyl (C=O) groups is 4. The van der Waals surface area contributed by atoms with Gasteiger partial charge in [-0.15, -0.1) is 0 Å². The molecule has 4 rings (SSSR count). The molecule has 4 amide bonds. The van der Waals surface area contributed by atoms with E-state index in [4.69, 9.17) is 0 Å². The average Bonchev–Trinajstić information content (AvgIpc) is 3.40. The Morgan fingerprint density at radius 3 is 2.23 bits per heavy atom. The van der Waals surface area contributed by atoms with E-state index in [1.165, 1.54) is 4.90 Å². The lowest BCUT2D eigenvalue weighted by molar-refractivity contribution is -0.131. The van der Waals surface area contributed by atoms with Crippen LogP contribution in [0.4, 0.5) is 0 Å². The Hall–Kier alpha value is -2.74. The first-order valence-corrected chi connectivity index (χ1v) is 11.3. The number of fused-ring (bicyclic) bond motifs is 1. The number of amides is 4. The van der Waals surface area contributed by atoms with Crippen molar-refractivity contribution in [3.63, 3.8) is 0 Å². The molecule has 31 heavy (non-hydrogen) atoms. The number of carbonyl (C=O) groups excluding carboxylic acids is 4. The monoisotopic (exact) mass is 426 g/mol. The summed E-state index contributed by atoms with van der Waals surface area (Å²) in [7, 11) is 0. The molecule has 3 heterocycles. The van der Waals surface area contributed by atoms with Crippen LogP contribution >= 0.6 is 0 Å². The lowest BCUT2D eigenvalue weighted by atomic mass is 10.0. The summed E-state index contributed by atoms with van der Waals surface area (Å²) >= 11 is 0. The van der Waals surface area contributed by atoms with Gasteiger partial charge >= 0.3 is 0 Å². The van der Waals surface area contributed by atoms with Gasteiger partial charge in [-0.3, -0.25) is 29.0 Å². The van der Waals surface area contributed by atoms with Gasteiger partial charge in [0, 0.05) is 51.4 Å². The maximum atomic E-state index is 13.0. The van der Waals surface area contributed by atoms with E-state index < -0.39 is 0 Å². The summed E-state index contributed by atoms with van der Waals surface area (Å²) in [6.07, 6.45) is 3.83. The lowest BCUT2D eigenvalue weighted by Gasteiger charge is -2.35. The summed E-state index contributed by atoms with van der Waals surface area (Å²) in [6, 6.07) is 4.80. The molecule has 166 valence electrons. The third-order valence-corrected chi connectivity index (χ3v) is 6.43. The number of hydrogen-bond donors (Lipinski definition) is 0. The first-order valence-electron chi connectivity index (χ1n) is 11.3. The standard InChI is InChI=1S/C23H30N4O4/c1-2-3-10-27-22(30)18-7-6-17(15-19(18)23(27)31)21(29)26-13-11-24(12-14-26)16-20(28)25-8-4-5-9-25/h6-7,15H,2-5,8-14,16H2,1H3. The Morgan fingerprint density at radius 2 is 1.55 bits per heavy atom. The molecule has 0 radical (unpaired) electrons. The maximum absolute atomic E-state index is 13.0.